The summed E-state index contributed by atoms with van der Waals surface area (Å²) in [5.41, 5.74) is 17.0. The highest BCUT2D eigenvalue weighted by atomic mass is 15.1. The highest BCUT2D eigenvalue weighted by Gasteiger charge is 2.20. The third-order valence-electron chi connectivity index (χ3n) is 10.8. The molecule has 1 atom stereocenters. The van der Waals surface area contributed by atoms with Crippen LogP contribution >= 0.6 is 0 Å². The van der Waals surface area contributed by atoms with Crippen molar-refractivity contribution in [2.45, 2.75) is 32.6 Å². The molecule has 0 spiro atoms. The summed E-state index contributed by atoms with van der Waals surface area (Å²) in [5.74, 6) is 0.406. The minimum atomic E-state index is 0.406. The molecule has 0 heterocycles. The average molecular weight is 722 g/mol. The van der Waals surface area contributed by atoms with Gasteiger partial charge in [0, 0.05) is 23.0 Å². The number of hydrogen-bond acceptors (Lipinski definition) is 1. The van der Waals surface area contributed by atoms with Gasteiger partial charge in [0.1, 0.15) is 0 Å². The Hall–Kier alpha value is -6.70. The van der Waals surface area contributed by atoms with Gasteiger partial charge in [0.05, 0.1) is 0 Å². The molecule has 0 saturated carbocycles. The molecule has 1 nitrogen and oxygen atoms in total. The predicted octanol–water partition coefficient (Wildman–Crippen LogP) is 15.8. The summed E-state index contributed by atoms with van der Waals surface area (Å²) in [6.07, 6.45) is 17.4. The first-order chi connectivity index (χ1) is 27.7. The van der Waals surface area contributed by atoms with Crippen molar-refractivity contribution in [2.75, 3.05) is 4.90 Å². The van der Waals surface area contributed by atoms with Crippen LogP contribution < -0.4 is 4.90 Å². The van der Waals surface area contributed by atoms with Crippen molar-refractivity contribution in [3.63, 3.8) is 0 Å². The number of rotatable bonds is 11. The minimum Gasteiger partial charge on any atom is -0.311 e. The van der Waals surface area contributed by atoms with Gasteiger partial charge in [-0.2, -0.15) is 0 Å². The summed E-state index contributed by atoms with van der Waals surface area (Å²) in [6, 6.07) is 64.2. The van der Waals surface area contributed by atoms with E-state index < -0.39 is 0 Å². The Kier molecular flexibility index (Phi) is 11.1. The molecule has 7 aromatic carbocycles. The smallest absolute Gasteiger partial charge is 0.0462 e. The molecule has 8 rings (SSSR count). The third kappa shape index (κ3) is 7.90. The van der Waals surface area contributed by atoms with E-state index in [4.69, 9.17) is 0 Å². The Labute approximate surface area is 333 Å². The molecule has 1 aliphatic carbocycles. The molecule has 0 bridgehead atoms. The van der Waals surface area contributed by atoms with E-state index in [9.17, 15) is 0 Å². The molecule has 272 valence electrons. The van der Waals surface area contributed by atoms with E-state index in [1.165, 1.54) is 61.2 Å². The number of anilines is 3. The lowest BCUT2D eigenvalue weighted by Gasteiger charge is -2.27. The quantitative estimate of drug-likeness (QED) is 0.120. The van der Waals surface area contributed by atoms with Gasteiger partial charge in [-0.3, -0.25) is 0 Å². The number of hydrogen-bond donors (Lipinski definition) is 0. The van der Waals surface area contributed by atoms with E-state index in [1.807, 2.05) is 0 Å². The maximum Gasteiger partial charge on any atom is 0.0462 e. The van der Waals surface area contributed by atoms with Crippen LogP contribution in [0.25, 0.3) is 50.1 Å². The lowest BCUT2D eigenvalue weighted by molar-refractivity contribution is 0.854. The molecule has 7 aromatic rings. The van der Waals surface area contributed by atoms with Crippen molar-refractivity contribution in [1.82, 2.24) is 0 Å². The number of benzene rings is 7. The lowest BCUT2D eigenvalue weighted by Crippen LogP contribution is -2.10. The molecule has 0 fully saturated rings. The zero-order valence-electron chi connectivity index (χ0n) is 32.2. The Morgan fingerprint density at radius 1 is 0.554 bits per heavy atom. The van der Waals surface area contributed by atoms with Crippen LogP contribution in [-0.2, 0) is 0 Å². The van der Waals surface area contributed by atoms with E-state index in [1.54, 1.807) is 0 Å². The summed E-state index contributed by atoms with van der Waals surface area (Å²) in [6.45, 7) is 4.34. The second kappa shape index (κ2) is 17.2. The maximum absolute atomic E-state index is 2.39. The summed E-state index contributed by atoms with van der Waals surface area (Å²) in [5, 5.41) is 0. The fourth-order valence-electron chi connectivity index (χ4n) is 7.82. The fraction of sp³-hybridized carbons (Fsp3) is 0.0909. The van der Waals surface area contributed by atoms with Gasteiger partial charge in [-0.1, -0.05) is 177 Å². The first-order valence-electron chi connectivity index (χ1n) is 19.8. The zero-order chi connectivity index (χ0) is 38.1. The molecule has 0 N–H and O–H groups in total. The van der Waals surface area contributed by atoms with E-state index >= 15 is 0 Å². The Morgan fingerprint density at radius 2 is 1.07 bits per heavy atom. The van der Waals surface area contributed by atoms with Gasteiger partial charge in [0.2, 0.25) is 0 Å². The van der Waals surface area contributed by atoms with Crippen LogP contribution in [0, 0.1) is 0 Å². The summed E-state index contributed by atoms with van der Waals surface area (Å²) >= 11 is 0. The van der Waals surface area contributed by atoms with Gasteiger partial charge >= 0.3 is 0 Å². The molecule has 56 heavy (non-hydrogen) atoms. The van der Waals surface area contributed by atoms with E-state index in [2.05, 4.69) is 237 Å². The summed E-state index contributed by atoms with van der Waals surface area (Å²) in [4.78, 5) is 2.37. The molecule has 0 amide bonds. The van der Waals surface area contributed by atoms with Crippen molar-refractivity contribution in [3.8, 4) is 44.5 Å². The van der Waals surface area contributed by atoms with Gasteiger partial charge in [-0.25, -0.2) is 0 Å². The molecule has 1 aliphatic rings. The van der Waals surface area contributed by atoms with Crippen molar-refractivity contribution in [2.24, 2.45) is 0 Å². The first kappa shape index (κ1) is 36.3. The van der Waals surface area contributed by atoms with Gasteiger partial charge in [0.15, 0.2) is 0 Å². The topological polar surface area (TPSA) is 3.24 Å². The van der Waals surface area contributed by atoms with Crippen molar-refractivity contribution in [1.29, 1.82) is 0 Å². The maximum atomic E-state index is 2.39. The highest BCUT2D eigenvalue weighted by molar-refractivity contribution is 5.96. The lowest BCUT2D eigenvalue weighted by atomic mass is 9.84. The number of nitrogens with zero attached hydrogens (tertiary/aromatic N) is 1. The summed E-state index contributed by atoms with van der Waals surface area (Å²) in [7, 11) is 0. The minimum absolute atomic E-state index is 0.406. The molecule has 1 heteroatoms. The standard InChI is InChI=1S/C55H47N/c1-3-5-18-41(4-2)53-39-49(44-23-14-8-15-24-44)40-54(47-25-16-9-17-26-47)55(53)48-31-37-52(38-32-48)56(50-33-27-45(28-34-50)42-19-10-6-11-20-42)51-35-29-46(30-36-51)43-21-12-7-13-22-43/h3,5-21,23-40,43H,4,22H2,1-2H3/b5-3-,41-18+. The number of allylic oxidation sites excluding steroid dienone is 8. The Bertz CT molecular complexity index is 2490. The van der Waals surface area contributed by atoms with Gasteiger partial charge in [-0.15, -0.1) is 0 Å². The van der Waals surface area contributed by atoms with Crippen LogP contribution in [-0.4, -0.2) is 0 Å². The zero-order valence-corrected chi connectivity index (χ0v) is 32.2. The van der Waals surface area contributed by atoms with Gasteiger partial charge < -0.3 is 4.90 Å². The summed E-state index contributed by atoms with van der Waals surface area (Å²) < 4.78 is 0. The van der Waals surface area contributed by atoms with Crippen molar-refractivity contribution in [3.05, 3.63) is 230 Å². The molecule has 0 aromatic heterocycles. The fourth-order valence-corrected chi connectivity index (χ4v) is 7.82. The van der Waals surface area contributed by atoms with E-state index in [0.29, 0.717) is 5.92 Å². The van der Waals surface area contributed by atoms with Crippen LogP contribution in [0.4, 0.5) is 17.1 Å². The molecule has 0 aliphatic heterocycles. The van der Waals surface area contributed by atoms with E-state index in [-0.39, 0.29) is 0 Å². The monoisotopic (exact) mass is 721 g/mol. The molecular formula is C55H47N. The second-order valence-electron chi connectivity index (χ2n) is 14.3. The van der Waals surface area contributed by atoms with Gasteiger partial charge in [0.25, 0.3) is 0 Å². The third-order valence-corrected chi connectivity index (χ3v) is 10.8. The normalized spacial score (nSPS) is 14.0. The molecular weight excluding hydrogens is 675 g/mol. The Balaban J connectivity index is 1.26. The molecule has 1 unspecified atom stereocenters. The van der Waals surface area contributed by atoms with Crippen LogP contribution in [0.15, 0.2) is 218 Å². The predicted molar refractivity (Wildman–Crippen MR) is 242 cm³/mol. The molecule has 0 saturated heterocycles. The van der Waals surface area contributed by atoms with Crippen molar-refractivity contribution < 1.29 is 0 Å². The van der Waals surface area contributed by atoms with E-state index in [0.717, 1.165) is 29.9 Å². The second-order valence-corrected chi connectivity index (χ2v) is 14.3. The van der Waals surface area contributed by atoms with Crippen LogP contribution in [0.5, 0.6) is 0 Å². The first-order valence-corrected chi connectivity index (χ1v) is 19.8. The average Bonchev–Trinajstić information content (AvgIpc) is 3.28. The van der Waals surface area contributed by atoms with Crippen molar-refractivity contribution >= 4 is 22.6 Å². The van der Waals surface area contributed by atoms with Crippen LogP contribution in [0.2, 0.25) is 0 Å². The Morgan fingerprint density at radius 3 is 1.61 bits per heavy atom. The largest absolute Gasteiger partial charge is 0.311 e. The SMILES string of the molecule is C/C=C\C=C(/CC)c1cc(-c2ccccc2)cc(-c2ccccc2)c1-c1ccc(N(c2ccc(-c3ccccc3)cc2)c2ccc(C3C=CC=CC3)cc2)cc1. The molecule has 0 radical (unpaired) electrons. The highest BCUT2D eigenvalue weighted by Crippen LogP contribution is 2.44. The van der Waals surface area contributed by atoms with Crippen LogP contribution in [0.3, 0.4) is 0 Å². The van der Waals surface area contributed by atoms with Crippen LogP contribution in [0.1, 0.15) is 43.7 Å². The van der Waals surface area contributed by atoms with Gasteiger partial charge in [-0.05, 0) is 130 Å².